The van der Waals surface area contributed by atoms with E-state index in [1.807, 2.05) is 16.7 Å². The van der Waals surface area contributed by atoms with Crippen molar-refractivity contribution in [2.75, 3.05) is 7.05 Å². The van der Waals surface area contributed by atoms with Crippen molar-refractivity contribution in [3.8, 4) is 0 Å². The molecule has 2 aromatic carbocycles. The van der Waals surface area contributed by atoms with Gasteiger partial charge in [0.2, 0.25) is 15.8 Å². The molecule has 1 unspecified atom stereocenters. The van der Waals surface area contributed by atoms with Crippen molar-refractivity contribution in [1.29, 1.82) is 0 Å². The maximum absolute atomic E-state index is 13.2. The smallest absolute Gasteiger partial charge is 0.243 e. The highest BCUT2D eigenvalue weighted by Crippen LogP contribution is 2.33. The van der Waals surface area contributed by atoms with Crippen LogP contribution in [0, 0.1) is 5.82 Å². The fourth-order valence-corrected chi connectivity index (χ4v) is 5.41. The van der Waals surface area contributed by atoms with Gasteiger partial charge in [0.1, 0.15) is 5.82 Å². The summed E-state index contributed by atoms with van der Waals surface area (Å²) in [6.07, 6.45) is 1.30. The lowest BCUT2D eigenvalue weighted by molar-refractivity contribution is -0.104. The van der Waals surface area contributed by atoms with Crippen LogP contribution in [0.15, 0.2) is 53.4 Å². The number of hydrogen-bond donors (Lipinski definition) is 0. The normalized spacial score (nSPS) is 16.7. The van der Waals surface area contributed by atoms with Crippen molar-refractivity contribution in [1.82, 2.24) is 8.87 Å². The Hall–Kier alpha value is -2.84. The third kappa shape index (κ3) is 3.18. The zero-order valence-corrected chi connectivity index (χ0v) is 16.5. The summed E-state index contributed by atoms with van der Waals surface area (Å²) in [5, 5.41) is 0.698. The lowest BCUT2D eigenvalue weighted by Crippen LogP contribution is -2.42. The number of para-hydroxylation sites is 1. The van der Waals surface area contributed by atoms with Gasteiger partial charge in [0.25, 0.3) is 0 Å². The largest absolute Gasteiger partial charge is 0.342 e. The van der Waals surface area contributed by atoms with Crippen molar-refractivity contribution >= 4 is 33.0 Å². The molecule has 0 fully saturated rings. The molecule has 6 nitrogen and oxygen atoms in total. The number of likely N-dealkylation sites (N-methyl/N-ethyl adjacent to an activating group) is 1. The molecule has 3 aromatic rings. The van der Waals surface area contributed by atoms with E-state index in [4.69, 9.17) is 0 Å². The molecule has 1 aliphatic rings. The Morgan fingerprint density at radius 1 is 1.17 bits per heavy atom. The number of hydrogen-bond acceptors (Lipinski definition) is 4. The molecular formula is C21H19FN2O4S. The third-order valence-electron chi connectivity index (χ3n) is 5.54. The van der Waals surface area contributed by atoms with Gasteiger partial charge in [0.15, 0.2) is 6.29 Å². The fraction of sp³-hybridized carbons (Fsp3) is 0.238. The summed E-state index contributed by atoms with van der Waals surface area (Å²) in [6, 6.07) is 11.7. The Morgan fingerprint density at radius 2 is 1.86 bits per heavy atom. The first-order valence-electron chi connectivity index (χ1n) is 9.18. The van der Waals surface area contributed by atoms with Gasteiger partial charge in [0, 0.05) is 36.2 Å². The number of fused-ring (bicyclic) bond motifs is 3. The van der Waals surface area contributed by atoms with Gasteiger partial charge in [-0.25, -0.2) is 12.8 Å². The van der Waals surface area contributed by atoms with E-state index >= 15 is 0 Å². The average Bonchev–Trinajstić information content (AvgIpc) is 3.06. The lowest BCUT2D eigenvalue weighted by Gasteiger charge is -2.32. The molecule has 2 heterocycles. The number of aromatic nitrogens is 1. The molecule has 1 aromatic heterocycles. The zero-order chi connectivity index (χ0) is 20.8. The minimum atomic E-state index is -3.80. The number of benzene rings is 2. The van der Waals surface area contributed by atoms with Crippen LogP contribution in [0.1, 0.15) is 22.5 Å². The summed E-state index contributed by atoms with van der Waals surface area (Å²) in [6.45, 7) is 0.360. The van der Waals surface area contributed by atoms with E-state index in [-0.39, 0.29) is 10.9 Å². The molecule has 0 amide bonds. The number of sulfonamides is 1. The molecule has 1 aliphatic heterocycles. The van der Waals surface area contributed by atoms with Crippen LogP contribution in [0.2, 0.25) is 0 Å². The quantitative estimate of drug-likeness (QED) is 0.366. The van der Waals surface area contributed by atoms with E-state index < -0.39 is 21.6 Å². The van der Waals surface area contributed by atoms with Crippen LogP contribution in [0.25, 0.3) is 10.9 Å². The van der Waals surface area contributed by atoms with Crippen LogP contribution in [0.3, 0.4) is 0 Å². The molecule has 0 aliphatic carbocycles. The first-order valence-corrected chi connectivity index (χ1v) is 10.6. The number of ketones is 1. The van der Waals surface area contributed by atoms with Gasteiger partial charge in [-0.05, 0) is 43.2 Å². The number of halogens is 1. The predicted octanol–water partition coefficient (Wildman–Crippen LogP) is 2.80. The number of carbonyl (C=O) groups excluding carboxylic acids is 2. The standard InChI is InChI=1S/C21H19FN2O4S/c1-23(29(27,28)16-9-6-14(22)7-10-16)15-8-11-19-21(20(26)13-25)17-4-2-3-5-18(17)24(19)12-15/h2-7,9-10,13,15H,8,11-12H2,1H3. The predicted molar refractivity (Wildman–Crippen MR) is 106 cm³/mol. The molecule has 0 bridgehead atoms. The van der Waals surface area contributed by atoms with Crippen molar-refractivity contribution in [2.45, 2.75) is 30.3 Å². The molecule has 0 spiro atoms. The van der Waals surface area contributed by atoms with Gasteiger partial charge >= 0.3 is 0 Å². The van der Waals surface area contributed by atoms with E-state index in [1.165, 1.54) is 23.5 Å². The topological polar surface area (TPSA) is 76.5 Å². The van der Waals surface area contributed by atoms with Gasteiger partial charge in [-0.3, -0.25) is 9.59 Å². The summed E-state index contributed by atoms with van der Waals surface area (Å²) >= 11 is 0. The monoisotopic (exact) mass is 414 g/mol. The maximum atomic E-state index is 13.2. The summed E-state index contributed by atoms with van der Waals surface area (Å²) in [7, 11) is -2.28. The number of carbonyl (C=O) groups is 2. The van der Waals surface area contributed by atoms with Crippen LogP contribution in [0.5, 0.6) is 0 Å². The van der Waals surface area contributed by atoms with E-state index in [0.717, 1.165) is 23.3 Å². The van der Waals surface area contributed by atoms with Crippen molar-refractivity contribution < 1.29 is 22.4 Å². The molecule has 4 rings (SSSR count). The second-order valence-corrected chi connectivity index (χ2v) is 9.10. The molecular weight excluding hydrogens is 395 g/mol. The highest BCUT2D eigenvalue weighted by atomic mass is 32.2. The first kappa shape index (κ1) is 19.5. The summed E-state index contributed by atoms with van der Waals surface area (Å²) < 4.78 is 42.4. The molecule has 0 saturated carbocycles. The van der Waals surface area contributed by atoms with E-state index in [1.54, 1.807) is 12.1 Å². The highest BCUT2D eigenvalue weighted by Gasteiger charge is 2.33. The number of Topliss-reactive ketones (excluding diaryl/α,β-unsaturated/α-hetero) is 1. The second kappa shape index (κ2) is 7.20. The van der Waals surface area contributed by atoms with Crippen LogP contribution >= 0.6 is 0 Å². The molecule has 29 heavy (non-hydrogen) atoms. The van der Waals surface area contributed by atoms with Gasteiger partial charge in [-0.15, -0.1) is 0 Å². The second-order valence-electron chi connectivity index (χ2n) is 7.10. The number of nitrogens with zero attached hydrogens (tertiary/aromatic N) is 2. The van der Waals surface area contributed by atoms with Crippen molar-refractivity contribution in [3.05, 3.63) is 65.6 Å². The Labute approximate surface area is 167 Å². The fourth-order valence-electron chi connectivity index (χ4n) is 4.03. The minimum absolute atomic E-state index is 0.0291. The number of rotatable bonds is 5. The van der Waals surface area contributed by atoms with Gasteiger partial charge < -0.3 is 4.57 Å². The van der Waals surface area contributed by atoms with E-state index in [2.05, 4.69) is 0 Å². The summed E-state index contributed by atoms with van der Waals surface area (Å²) in [4.78, 5) is 23.4. The molecule has 1 atom stereocenters. The SMILES string of the molecule is CN(C1CCc2c(C(=O)C=O)c3ccccc3n2C1)S(=O)(=O)c1ccc(F)cc1. The molecule has 0 saturated heterocycles. The lowest BCUT2D eigenvalue weighted by atomic mass is 10.00. The minimum Gasteiger partial charge on any atom is -0.342 e. The van der Waals surface area contributed by atoms with Gasteiger partial charge in [0.05, 0.1) is 10.5 Å². The summed E-state index contributed by atoms with van der Waals surface area (Å²) in [5.41, 5.74) is 1.95. The Kier molecular flexibility index (Phi) is 4.84. The van der Waals surface area contributed by atoms with Crippen LogP contribution in [-0.2, 0) is 27.8 Å². The van der Waals surface area contributed by atoms with Gasteiger partial charge in [-0.1, -0.05) is 18.2 Å². The first-order chi connectivity index (χ1) is 13.8. The summed E-state index contributed by atoms with van der Waals surface area (Å²) in [5.74, 6) is -1.07. The molecule has 150 valence electrons. The average molecular weight is 414 g/mol. The van der Waals surface area contributed by atoms with Gasteiger partial charge in [-0.2, -0.15) is 4.31 Å². The molecule has 0 N–H and O–H groups in total. The molecule has 8 heteroatoms. The zero-order valence-electron chi connectivity index (χ0n) is 15.7. The van der Waals surface area contributed by atoms with Crippen molar-refractivity contribution in [2.24, 2.45) is 0 Å². The van der Waals surface area contributed by atoms with Crippen molar-refractivity contribution in [3.63, 3.8) is 0 Å². The highest BCUT2D eigenvalue weighted by molar-refractivity contribution is 7.89. The third-order valence-corrected chi connectivity index (χ3v) is 7.47. The van der Waals surface area contributed by atoms with Crippen LogP contribution < -0.4 is 0 Å². The maximum Gasteiger partial charge on any atom is 0.243 e. The van der Waals surface area contributed by atoms with E-state index in [0.29, 0.717) is 36.6 Å². The Balaban J connectivity index is 1.73. The molecule has 0 radical (unpaired) electrons. The number of aldehydes is 1. The van der Waals surface area contributed by atoms with Crippen LogP contribution in [-0.4, -0.2) is 42.4 Å². The van der Waals surface area contributed by atoms with E-state index in [9.17, 15) is 22.4 Å². The van der Waals surface area contributed by atoms with Crippen LogP contribution in [0.4, 0.5) is 4.39 Å². The Bertz CT molecular complexity index is 1220. The Morgan fingerprint density at radius 3 is 2.55 bits per heavy atom.